The van der Waals surface area contributed by atoms with Crippen LogP contribution < -0.4 is 5.32 Å². The minimum absolute atomic E-state index is 0.709. The van der Waals surface area contributed by atoms with Gasteiger partial charge in [-0.2, -0.15) is 0 Å². The molecule has 104 valence electrons. The second-order valence-corrected chi connectivity index (χ2v) is 6.13. The summed E-state index contributed by atoms with van der Waals surface area (Å²) in [4.78, 5) is 4.74. The topological polar surface area (TPSA) is 24.9 Å². The summed E-state index contributed by atoms with van der Waals surface area (Å²) >= 11 is 1.80. The van der Waals surface area contributed by atoms with Gasteiger partial charge in [0.2, 0.25) is 0 Å². The molecule has 1 atom stereocenters. The van der Waals surface area contributed by atoms with Crippen molar-refractivity contribution in [3.8, 4) is 0 Å². The van der Waals surface area contributed by atoms with Crippen molar-refractivity contribution in [3.05, 3.63) is 34.3 Å². The first-order valence-electron chi connectivity index (χ1n) is 7.27. The van der Waals surface area contributed by atoms with Gasteiger partial charge in [0, 0.05) is 17.8 Å². The molecule has 19 heavy (non-hydrogen) atoms. The van der Waals surface area contributed by atoms with Gasteiger partial charge in [0.05, 0.1) is 10.7 Å². The van der Waals surface area contributed by atoms with Gasteiger partial charge in [-0.1, -0.05) is 24.6 Å². The van der Waals surface area contributed by atoms with Gasteiger partial charge in [-0.15, -0.1) is 11.3 Å². The van der Waals surface area contributed by atoms with Gasteiger partial charge >= 0.3 is 0 Å². The van der Waals surface area contributed by atoms with Crippen LogP contribution in [0.1, 0.15) is 50.2 Å². The lowest BCUT2D eigenvalue weighted by atomic mass is 10.0. The van der Waals surface area contributed by atoms with Crippen LogP contribution in [-0.2, 0) is 6.42 Å². The van der Waals surface area contributed by atoms with Crippen molar-refractivity contribution in [2.45, 2.75) is 52.0 Å². The fourth-order valence-electron chi connectivity index (χ4n) is 2.40. The maximum Gasteiger partial charge on any atom is 0.0933 e. The van der Waals surface area contributed by atoms with Crippen molar-refractivity contribution in [2.75, 3.05) is 6.54 Å². The Labute approximate surface area is 120 Å². The third-order valence-corrected chi connectivity index (χ3v) is 4.52. The minimum atomic E-state index is 0.709. The Morgan fingerprint density at radius 3 is 3.16 bits per heavy atom. The molecule has 2 heterocycles. The van der Waals surface area contributed by atoms with E-state index in [1.165, 1.54) is 42.8 Å². The van der Waals surface area contributed by atoms with Crippen LogP contribution in [0.15, 0.2) is 23.6 Å². The lowest BCUT2D eigenvalue weighted by Crippen LogP contribution is -2.34. The van der Waals surface area contributed by atoms with Crippen molar-refractivity contribution in [1.82, 2.24) is 10.3 Å². The number of allylic oxidation sites excluding steroid dienone is 4. The van der Waals surface area contributed by atoms with E-state index in [2.05, 4.69) is 29.8 Å². The summed E-state index contributed by atoms with van der Waals surface area (Å²) in [5.74, 6) is 0. The number of hydrogen-bond acceptors (Lipinski definition) is 3. The van der Waals surface area contributed by atoms with Gasteiger partial charge in [0.1, 0.15) is 0 Å². The molecule has 3 heteroatoms. The van der Waals surface area contributed by atoms with E-state index >= 15 is 0 Å². The molecule has 0 spiro atoms. The second-order valence-electron chi connectivity index (χ2n) is 5.19. The molecule has 1 aromatic heterocycles. The quantitative estimate of drug-likeness (QED) is 0.815. The smallest absolute Gasteiger partial charge is 0.0933 e. The first-order chi connectivity index (χ1) is 9.29. The van der Waals surface area contributed by atoms with Crippen molar-refractivity contribution >= 4 is 16.9 Å². The largest absolute Gasteiger partial charge is 0.314 e. The van der Waals surface area contributed by atoms with Gasteiger partial charge in [-0.3, -0.25) is 0 Å². The molecular weight excluding hydrogens is 252 g/mol. The molecule has 0 aromatic carbocycles. The molecule has 0 aliphatic carbocycles. The van der Waals surface area contributed by atoms with E-state index in [1.54, 1.807) is 11.3 Å². The van der Waals surface area contributed by atoms with E-state index < -0.39 is 0 Å². The summed E-state index contributed by atoms with van der Waals surface area (Å²) < 4.78 is 0. The fraction of sp³-hybridized carbons (Fsp3) is 0.562. The highest BCUT2D eigenvalue weighted by Crippen LogP contribution is 2.20. The number of nitrogens with zero attached hydrogens (tertiary/aromatic N) is 1. The van der Waals surface area contributed by atoms with Gasteiger partial charge < -0.3 is 5.32 Å². The number of aromatic nitrogens is 1. The van der Waals surface area contributed by atoms with E-state index in [9.17, 15) is 0 Å². The number of piperidine rings is 1. The number of thiazole rings is 1. The molecule has 1 aromatic rings. The fourth-order valence-corrected chi connectivity index (χ4v) is 3.27. The van der Waals surface area contributed by atoms with Gasteiger partial charge in [0.25, 0.3) is 0 Å². The van der Waals surface area contributed by atoms with E-state index in [4.69, 9.17) is 4.98 Å². The highest BCUT2D eigenvalue weighted by molar-refractivity contribution is 7.09. The predicted molar refractivity (Wildman–Crippen MR) is 84.5 cm³/mol. The lowest BCUT2D eigenvalue weighted by molar-refractivity contribution is 0.382. The van der Waals surface area contributed by atoms with E-state index in [0.29, 0.717) is 6.04 Å². The summed E-state index contributed by atoms with van der Waals surface area (Å²) in [5, 5.41) is 7.06. The van der Waals surface area contributed by atoms with Gasteiger partial charge in [-0.05, 0) is 45.2 Å². The number of aryl methyl sites for hydroxylation is 1. The first-order valence-corrected chi connectivity index (χ1v) is 8.15. The SMILES string of the molecule is C/C=C\C=C(/C)c1csc(CCC2CCCCN2)n1. The molecule has 2 rings (SSSR count). The van der Waals surface area contributed by atoms with E-state index in [1.807, 2.05) is 13.0 Å². The Hall–Kier alpha value is -0.930. The Morgan fingerprint density at radius 1 is 1.53 bits per heavy atom. The average molecular weight is 276 g/mol. The Kier molecular flexibility index (Phi) is 5.80. The van der Waals surface area contributed by atoms with Crippen LogP contribution >= 0.6 is 11.3 Å². The van der Waals surface area contributed by atoms with Gasteiger partial charge in [0.15, 0.2) is 0 Å². The Bertz CT molecular complexity index is 439. The normalized spacial score (nSPS) is 21.2. The van der Waals surface area contributed by atoms with Crippen molar-refractivity contribution in [3.63, 3.8) is 0 Å². The third kappa shape index (κ3) is 4.59. The molecule has 1 saturated heterocycles. The molecule has 0 amide bonds. The molecule has 2 nitrogen and oxygen atoms in total. The first kappa shape index (κ1) is 14.5. The molecular formula is C16H24N2S. The molecule has 1 N–H and O–H groups in total. The van der Waals surface area contributed by atoms with Crippen molar-refractivity contribution in [2.24, 2.45) is 0 Å². The van der Waals surface area contributed by atoms with Crippen LogP contribution in [0.25, 0.3) is 5.57 Å². The highest BCUT2D eigenvalue weighted by atomic mass is 32.1. The summed E-state index contributed by atoms with van der Waals surface area (Å²) in [6, 6.07) is 0.709. The van der Waals surface area contributed by atoms with Crippen molar-refractivity contribution < 1.29 is 0 Å². The zero-order chi connectivity index (χ0) is 13.5. The Balaban J connectivity index is 1.86. The van der Waals surface area contributed by atoms with Gasteiger partial charge in [-0.25, -0.2) is 4.98 Å². The van der Waals surface area contributed by atoms with Crippen LogP contribution in [0.5, 0.6) is 0 Å². The standard InChI is InChI=1S/C16H24N2S/c1-3-4-7-13(2)15-12-19-16(18-15)10-9-14-8-5-6-11-17-14/h3-4,7,12,14,17H,5-6,8-11H2,1-2H3/b4-3-,13-7+. The van der Waals surface area contributed by atoms with Crippen LogP contribution in [0.3, 0.4) is 0 Å². The molecule has 1 aliphatic rings. The van der Waals surface area contributed by atoms with Crippen LogP contribution in [0.4, 0.5) is 0 Å². The molecule has 0 bridgehead atoms. The maximum atomic E-state index is 4.74. The number of nitrogens with one attached hydrogen (secondary N) is 1. The highest BCUT2D eigenvalue weighted by Gasteiger charge is 2.13. The van der Waals surface area contributed by atoms with Crippen LogP contribution in [0.2, 0.25) is 0 Å². The minimum Gasteiger partial charge on any atom is -0.314 e. The molecule has 1 unspecified atom stereocenters. The number of rotatable bonds is 5. The summed E-state index contributed by atoms with van der Waals surface area (Å²) in [5.41, 5.74) is 2.38. The van der Waals surface area contributed by atoms with E-state index in [-0.39, 0.29) is 0 Å². The second kappa shape index (κ2) is 7.61. The van der Waals surface area contributed by atoms with Crippen molar-refractivity contribution in [1.29, 1.82) is 0 Å². The summed E-state index contributed by atoms with van der Waals surface area (Å²) in [6.45, 7) is 5.36. The predicted octanol–water partition coefficient (Wildman–Crippen LogP) is 4.20. The zero-order valence-corrected chi connectivity index (χ0v) is 12.8. The Morgan fingerprint density at radius 2 is 2.42 bits per heavy atom. The summed E-state index contributed by atoms with van der Waals surface area (Å²) in [7, 11) is 0. The molecule has 1 fully saturated rings. The third-order valence-electron chi connectivity index (χ3n) is 3.61. The van der Waals surface area contributed by atoms with Crippen LogP contribution in [-0.4, -0.2) is 17.6 Å². The lowest BCUT2D eigenvalue weighted by Gasteiger charge is -2.22. The molecule has 0 saturated carbocycles. The maximum absolute atomic E-state index is 4.74. The average Bonchev–Trinajstić information content (AvgIpc) is 2.92. The number of hydrogen-bond donors (Lipinski definition) is 1. The summed E-state index contributed by atoms with van der Waals surface area (Å²) in [6.07, 6.45) is 12.6. The molecule has 0 radical (unpaired) electrons. The zero-order valence-electron chi connectivity index (χ0n) is 12.0. The molecule has 1 aliphatic heterocycles. The van der Waals surface area contributed by atoms with Crippen LogP contribution in [0, 0.1) is 0 Å². The monoisotopic (exact) mass is 276 g/mol. The van der Waals surface area contributed by atoms with E-state index in [0.717, 1.165) is 12.1 Å².